The molecule has 1 rings (SSSR count). The molecule has 0 aliphatic carbocycles. The molecule has 1 atom stereocenters. The van der Waals surface area contributed by atoms with E-state index < -0.39 is 11.9 Å². The molecule has 0 fully saturated rings. The third kappa shape index (κ3) is 3.22. The van der Waals surface area contributed by atoms with Gasteiger partial charge in [0, 0.05) is 12.1 Å². The predicted octanol–water partition coefficient (Wildman–Crippen LogP) is 2.75. The van der Waals surface area contributed by atoms with Gasteiger partial charge in [0.05, 0.1) is 12.5 Å². The molecule has 0 aromatic heterocycles. The van der Waals surface area contributed by atoms with E-state index in [-0.39, 0.29) is 0 Å². The molecule has 4 heteroatoms. The summed E-state index contributed by atoms with van der Waals surface area (Å²) in [6.45, 7) is 2.12. The molecule has 0 aliphatic rings. The molecule has 0 spiro atoms. The van der Waals surface area contributed by atoms with Gasteiger partial charge in [-0.25, -0.2) is 0 Å². The maximum absolute atomic E-state index is 10.8. The van der Waals surface area contributed by atoms with Crippen LogP contribution in [0.5, 0.6) is 0 Å². The Balaban J connectivity index is 2.96. The molecule has 0 aliphatic heterocycles. The minimum atomic E-state index is -0.816. The van der Waals surface area contributed by atoms with Gasteiger partial charge in [0.25, 0.3) is 0 Å². The summed E-state index contributed by atoms with van der Waals surface area (Å²) in [7, 11) is 1.60. The van der Waals surface area contributed by atoms with Crippen LogP contribution in [0.1, 0.15) is 18.1 Å². The summed E-state index contributed by atoms with van der Waals surface area (Å²) in [5, 5.41) is 9.48. The van der Waals surface area contributed by atoms with Crippen molar-refractivity contribution >= 4 is 17.6 Å². The number of carboxylic acids is 1. The number of methoxy groups -OCH3 is 1. The van der Waals surface area contributed by atoms with Gasteiger partial charge in [-0.3, -0.25) is 4.79 Å². The Kier molecular flexibility index (Phi) is 4.77. The lowest BCUT2D eigenvalue weighted by atomic mass is 9.97. The number of hydrogen-bond donors (Lipinski definition) is 1. The highest BCUT2D eigenvalue weighted by atomic mass is 35.5. The molecule has 0 heterocycles. The third-order valence-electron chi connectivity index (χ3n) is 2.45. The SMILES string of the molecule is COCc1cccc(Cl)c1CC(C)C(=O)O. The smallest absolute Gasteiger partial charge is 0.306 e. The van der Waals surface area contributed by atoms with Gasteiger partial charge in [-0.1, -0.05) is 30.7 Å². The van der Waals surface area contributed by atoms with E-state index in [0.717, 1.165) is 11.1 Å². The molecule has 1 unspecified atom stereocenters. The minimum Gasteiger partial charge on any atom is -0.481 e. The van der Waals surface area contributed by atoms with E-state index in [1.807, 2.05) is 12.1 Å². The van der Waals surface area contributed by atoms with Crippen molar-refractivity contribution < 1.29 is 14.6 Å². The molecule has 0 saturated carbocycles. The Hall–Kier alpha value is -1.06. The Morgan fingerprint density at radius 1 is 1.56 bits per heavy atom. The van der Waals surface area contributed by atoms with Crippen LogP contribution >= 0.6 is 11.6 Å². The fraction of sp³-hybridized carbons (Fsp3) is 0.417. The topological polar surface area (TPSA) is 46.5 Å². The first-order chi connectivity index (χ1) is 7.56. The number of hydrogen-bond acceptors (Lipinski definition) is 2. The van der Waals surface area contributed by atoms with E-state index in [1.54, 1.807) is 20.1 Å². The van der Waals surface area contributed by atoms with Gasteiger partial charge in [-0.15, -0.1) is 0 Å². The van der Waals surface area contributed by atoms with Crippen LogP contribution in [0.4, 0.5) is 0 Å². The fourth-order valence-electron chi connectivity index (χ4n) is 1.52. The number of aliphatic carboxylic acids is 1. The molecule has 1 aromatic rings. The summed E-state index contributed by atoms with van der Waals surface area (Å²) in [5.41, 5.74) is 1.81. The van der Waals surface area contributed by atoms with Crippen molar-refractivity contribution in [2.45, 2.75) is 20.0 Å². The van der Waals surface area contributed by atoms with Crippen LogP contribution in [0.2, 0.25) is 5.02 Å². The second-order valence-electron chi connectivity index (χ2n) is 3.75. The van der Waals surface area contributed by atoms with Crippen molar-refractivity contribution in [1.29, 1.82) is 0 Å². The highest BCUT2D eigenvalue weighted by Gasteiger charge is 2.16. The largest absolute Gasteiger partial charge is 0.481 e. The van der Waals surface area contributed by atoms with E-state index in [0.29, 0.717) is 18.1 Å². The zero-order valence-corrected chi connectivity index (χ0v) is 10.1. The molecule has 0 saturated heterocycles. The quantitative estimate of drug-likeness (QED) is 0.864. The molecule has 0 bridgehead atoms. The lowest BCUT2D eigenvalue weighted by molar-refractivity contribution is -0.141. The van der Waals surface area contributed by atoms with E-state index in [1.165, 1.54) is 0 Å². The molecule has 1 N–H and O–H groups in total. The monoisotopic (exact) mass is 242 g/mol. The Labute approximate surface area is 100.0 Å². The molecular formula is C12H15ClO3. The molecule has 0 amide bonds. The summed E-state index contributed by atoms with van der Waals surface area (Å²) >= 11 is 6.07. The van der Waals surface area contributed by atoms with E-state index in [9.17, 15) is 4.79 Å². The van der Waals surface area contributed by atoms with Gasteiger partial charge >= 0.3 is 5.97 Å². The number of rotatable bonds is 5. The van der Waals surface area contributed by atoms with E-state index in [2.05, 4.69) is 0 Å². The Morgan fingerprint density at radius 2 is 2.25 bits per heavy atom. The molecular weight excluding hydrogens is 228 g/mol. The van der Waals surface area contributed by atoms with Crippen molar-refractivity contribution in [1.82, 2.24) is 0 Å². The van der Waals surface area contributed by atoms with Crippen LogP contribution in [0.25, 0.3) is 0 Å². The zero-order valence-electron chi connectivity index (χ0n) is 9.37. The average Bonchev–Trinajstić information content (AvgIpc) is 2.23. The maximum Gasteiger partial charge on any atom is 0.306 e. The Morgan fingerprint density at radius 3 is 2.81 bits per heavy atom. The fourth-order valence-corrected chi connectivity index (χ4v) is 1.79. The zero-order chi connectivity index (χ0) is 12.1. The van der Waals surface area contributed by atoms with Crippen LogP contribution in [0.3, 0.4) is 0 Å². The number of ether oxygens (including phenoxy) is 1. The van der Waals surface area contributed by atoms with E-state index >= 15 is 0 Å². The number of carboxylic acid groups (broad SMARTS) is 1. The van der Waals surface area contributed by atoms with Crippen molar-refractivity contribution in [2.75, 3.05) is 7.11 Å². The Bertz CT molecular complexity index is 377. The van der Waals surface area contributed by atoms with Crippen LogP contribution in [0, 0.1) is 5.92 Å². The number of halogens is 1. The van der Waals surface area contributed by atoms with Gasteiger partial charge in [0.1, 0.15) is 0 Å². The standard InChI is InChI=1S/C12H15ClO3/c1-8(12(14)15)6-10-9(7-16-2)4-3-5-11(10)13/h3-5,8H,6-7H2,1-2H3,(H,14,15). The normalized spacial score (nSPS) is 12.4. The van der Waals surface area contributed by atoms with Crippen molar-refractivity contribution in [3.05, 3.63) is 34.3 Å². The summed E-state index contributed by atoms with van der Waals surface area (Å²) < 4.78 is 5.06. The van der Waals surface area contributed by atoms with Crippen molar-refractivity contribution in [3.63, 3.8) is 0 Å². The van der Waals surface area contributed by atoms with Crippen LogP contribution in [-0.4, -0.2) is 18.2 Å². The lowest BCUT2D eigenvalue weighted by Crippen LogP contribution is -2.14. The minimum absolute atomic E-state index is 0.424. The second-order valence-corrected chi connectivity index (χ2v) is 4.16. The number of benzene rings is 1. The van der Waals surface area contributed by atoms with Crippen LogP contribution in [0.15, 0.2) is 18.2 Å². The molecule has 16 heavy (non-hydrogen) atoms. The van der Waals surface area contributed by atoms with Crippen LogP contribution in [-0.2, 0) is 22.6 Å². The number of carbonyl (C=O) groups is 1. The molecule has 1 aromatic carbocycles. The van der Waals surface area contributed by atoms with E-state index in [4.69, 9.17) is 21.4 Å². The van der Waals surface area contributed by atoms with Crippen molar-refractivity contribution in [3.8, 4) is 0 Å². The summed E-state index contributed by atoms with van der Waals surface area (Å²) in [4.78, 5) is 10.8. The first-order valence-electron chi connectivity index (χ1n) is 5.04. The second kappa shape index (κ2) is 5.87. The van der Waals surface area contributed by atoms with Gasteiger partial charge < -0.3 is 9.84 Å². The highest BCUT2D eigenvalue weighted by molar-refractivity contribution is 6.31. The van der Waals surface area contributed by atoms with Crippen molar-refractivity contribution in [2.24, 2.45) is 5.92 Å². The van der Waals surface area contributed by atoms with Gasteiger partial charge in [-0.05, 0) is 23.6 Å². The maximum atomic E-state index is 10.8. The molecule has 88 valence electrons. The summed E-state index contributed by atoms with van der Waals surface area (Å²) in [6.07, 6.45) is 0.424. The molecule has 3 nitrogen and oxygen atoms in total. The summed E-state index contributed by atoms with van der Waals surface area (Å²) in [5.74, 6) is -1.27. The first-order valence-corrected chi connectivity index (χ1v) is 5.42. The highest BCUT2D eigenvalue weighted by Crippen LogP contribution is 2.24. The van der Waals surface area contributed by atoms with Crippen LogP contribution < -0.4 is 0 Å². The van der Waals surface area contributed by atoms with Gasteiger partial charge in [0.2, 0.25) is 0 Å². The average molecular weight is 243 g/mol. The first kappa shape index (κ1) is 13.0. The van der Waals surface area contributed by atoms with Gasteiger partial charge in [-0.2, -0.15) is 0 Å². The summed E-state index contributed by atoms with van der Waals surface area (Å²) in [6, 6.07) is 5.51. The van der Waals surface area contributed by atoms with Gasteiger partial charge in [0.15, 0.2) is 0 Å². The molecule has 0 radical (unpaired) electrons. The predicted molar refractivity (Wildman–Crippen MR) is 62.7 cm³/mol. The third-order valence-corrected chi connectivity index (χ3v) is 2.80. The lowest BCUT2D eigenvalue weighted by Gasteiger charge is -2.13.